The van der Waals surface area contributed by atoms with Crippen molar-refractivity contribution in [1.82, 2.24) is 4.98 Å². The number of aromatic amines is 1. The van der Waals surface area contributed by atoms with Crippen LogP contribution in [0.1, 0.15) is 34.7 Å². The molecule has 0 atom stereocenters. The molecule has 5 nitrogen and oxygen atoms in total. The number of nitrogens with two attached hydrogens (primary N) is 1. The number of amides is 1. The second-order valence-corrected chi connectivity index (χ2v) is 10.8. The van der Waals surface area contributed by atoms with Gasteiger partial charge in [0.2, 0.25) is 0 Å². The van der Waals surface area contributed by atoms with Crippen molar-refractivity contribution in [1.29, 1.82) is 0 Å². The fraction of sp³-hybridized carbons (Fsp3) is 0.278. The highest BCUT2D eigenvalue weighted by atomic mass is 35.5. The first-order chi connectivity index (χ1) is 12.3. The van der Waals surface area contributed by atoms with Crippen LogP contribution in [0, 0.1) is 0 Å². The zero-order valence-corrected chi connectivity index (χ0v) is 16.3. The third kappa shape index (κ3) is 3.25. The standard InChI is InChI=1S/C18H19ClN2O3S2/c19-16-2-1-15(25-16)11-7-12-14(10-3-5-26(23,24)6-4-10)9-21-17(12)13(8-11)18(20)22/h1-2,7-10,21,23-24H,3-6H2,(H2,20,22). The molecule has 1 aromatic carbocycles. The number of thiophene rings is 1. The van der Waals surface area contributed by atoms with E-state index in [1.54, 1.807) is 6.07 Å². The SMILES string of the molecule is NC(=O)c1cc(-c2ccc(Cl)s2)cc2c(C3CCS(O)(O)CC3)c[nH]c12. The first-order valence-electron chi connectivity index (χ1n) is 8.28. The van der Waals surface area contributed by atoms with E-state index < -0.39 is 16.5 Å². The summed E-state index contributed by atoms with van der Waals surface area (Å²) in [6.45, 7) is 0. The Morgan fingerprint density at radius 2 is 2.00 bits per heavy atom. The van der Waals surface area contributed by atoms with E-state index in [9.17, 15) is 13.9 Å². The Bertz CT molecular complexity index is 986. The van der Waals surface area contributed by atoms with Crippen molar-refractivity contribution in [2.45, 2.75) is 18.8 Å². The van der Waals surface area contributed by atoms with Crippen molar-refractivity contribution in [2.24, 2.45) is 5.73 Å². The van der Waals surface area contributed by atoms with E-state index in [1.165, 1.54) is 11.3 Å². The van der Waals surface area contributed by atoms with E-state index in [2.05, 4.69) is 11.1 Å². The summed E-state index contributed by atoms with van der Waals surface area (Å²) in [5.41, 5.74) is 8.80. The average Bonchev–Trinajstić information content (AvgIpc) is 3.20. The minimum atomic E-state index is -2.43. The smallest absolute Gasteiger partial charge is 0.250 e. The minimum Gasteiger partial charge on any atom is -0.366 e. The number of rotatable bonds is 3. The Kier molecular flexibility index (Phi) is 4.53. The van der Waals surface area contributed by atoms with Gasteiger partial charge in [0.15, 0.2) is 0 Å². The lowest BCUT2D eigenvalue weighted by atomic mass is 9.91. The number of hydrogen-bond donors (Lipinski definition) is 4. The molecule has 138 valence electrons. The van der Waals surface area contributed by atoms with E-state index in [-0.39, 0.29) is 5.92 Å². The predicted octanol–water partition coefficient (Wildman–Crippen LogP) is 5.28. The summed E-state index contributed by atoms with van der Waals surface area (Å²) in [5.74, 6) is 0.595. The van der Waals surface area contributed by atoms with Crippen molar-refractivity contribution < 1.29 is 13.9 Å². The second kappa shape index (κ2) is 6.58. The molecule has 2 aromatic heterocycles. The highest BCUT2D eigenvalue weighted by Crippen LogP contribution is 2.49. The Balaban J connectivity index is 1.83. The number of carbonyl (C=O) groups excluding carboxylic acids is 1. The minimum absolute atomic E-state index is 0.228. The number of H-pyrrole nitrogens is 1. The lowest BCUT2D eigenvalue weighted by Crippen LogP contribution is -2.19. The van der Waals surface area contributed by atoms with E-state index in [0.29, 0.717) is 21.4 Å². The van der Waals surface area contributed by atoms with Gasteiger partial charge in [0, 0.05) is 28.0 Å². The molecule has 26 heavy (non-hydrogen) atoms. The lowest BCUT2D eigenvalue weighted by molar-refractivity contribution is 0.100. The zero-order chi connectivity index (χ0) is 18.5. The number of fused-ring (bicyclic) bond motifs is 1. The molecule has 0 radical (unpaired) electrons. The summed E-state index contributed by atoms with van der Waals surface area (Å²) in [6.07, 6.45) is 3.36. The summed E-state index contributed by atoms with van der Waals surface area (Å²) < 4.78 is 20.4. The fourth-order valence-electron chi connectivity index (χ4n) is 3.62. The lowest BCUT2D eigenvalue weighted by Gasteiger charge is -2.39. The van der Waals surface area contributed by atoms with Crippen LogP contribution in [0.15, 0.2) is 30.5 Å². The molecule has 0 aliphatic carbocycles. The van der Waals surface area contributed by atoms with E-state index in [4.69, 9.17) is 17.3 Å². The molecule has 1 aliphatic heterocycles. The average molecular weight is 411 g/mol. The molecule has 1 fully saturated rings. The number of nitrogens with one attached hydrogen (secondary N) is 1. The molecule has 0 saturated carbocycles. The molecule has 4 rings (SSSR count). The van der Waals surface area contributed by atoms with E-state index in [1.807, 2.05) is 18.3 Å². The van der Waals surface area contributed by atoms with Gasteiger partial charge in [-0.15, -0.1) is 11.3 Å². The number of aromatic nitrogens is 1. The van der Waals surface area contributed by atoms with Crippen LogP contribution in [0.25, 0.3) is 21.3 Å². The fourth-order valence-corrected chi connectivity index (χ4v) is 6.17. The quantitative estimate of drug-likeness (QED) is 0.472. The molecular formula is C18H19ClN2O3S2. The molecule has 5 N–H and O–H groups in total. The molecule has 0 bridgehead atoms. The monoisotopic (exact) mass is 410 g/mol. The van der Waals surface area contributed by atoms with Gasteiger partial charge in [-0.05, 0) is 54.2 Å². The maximum absolute atomic E-state index is 12.0. The highest BCUT2D eigenvalue weighted by Gasteiger charge is 2.27. The summed E-state index contributed by atoms with van der Waals surface area (Å²) in [5, 5.41) is 0.962. The maximum Gasteiger partial charge on any atom is 0.250 e. The maximum atomic E-state index is 12.0. The Hall–Kier alpha value is -1.51. The molecule has 1 aliphatic rings. The molecule has 1 amide bonds. The topological polar surface area (TPSA) is 99.3 Å². The zero-order valence-electron chi connectivity index (χ0n) is 13.9. The van der Waals surface area contributed by atoms with Gasteiger partial charge in [0.25, 0.3) is 5.91 Å². The number of halogens is 1. The number of hydrogen-bond acceptors (Lipinski definition) is 4. The van der Waals surface area contributed by atoms with Crippen LogP contribution in [-0.4, -0.2) is 31.5 Å². The highest BCUT2D eigenvalue weighted by molar-refractivity contribution is 8.24. The van der Waals surface area contributed by atoms with Crippen LogP contribution < -0.4 is 5.73 Å². The van der Waals surface area contributed by atoms with Crippen LogP contribution >= 0.6 is 33.5 Å². The van der Waals surface area contributed by atoms with Gasteiger partial charge in [-0.1, -0.05) is 11.6 Å². The normalized spacial score (nSPS) is 18.9. The third-order valence-corrected chi connectivity index (χ3v) is 8.03. The van der Waals surface area contributed by atoms with E-state index in [0.717, 1.165) is 39.7 Å². The molecule has 3 heterocycles. The van der Waals surface area contributed by atoms with Crippen LogP contribution in [0.5, 0.6) is 0 Å². The largest absolute Gasteiger partial charge is 0.366 e. The summed E-state index contributed by atoms with van der Waals surface area (Å²) in [6, 6.07) is 7.62. The summed E-state index contributed by atoms with van der Waals surface area (Å²) >= 11 is 7.52. The van der Waals surface area contributed by atoms with Gasteiger partial charge in [-0.3, -0.25) is 13.9 Å². The van der Waals surface area contributed by atoms with Gasteiger partial charge in [0.05, 0.1) is 15.4 Å². The van der Waals surface area contributed by atoms with Crippen LogP contribution in [-0.2, 0) is 0 Å². The van der Waals surface area contributed by atoms with Gasteiger partial charge in [-0.25, -0.2) is 0 Å². The Morgan fingerprint density at radius 3 is 2.62 bits per heavy atom. The van der Waals surface area contributed by atoms with Crippen LogP contribution in [0.3, 0.4) is 0 Å². The summed E-state index contributed by atoms with van der Waals surface area (Å²) in [7, 11) is -2.43. The molecule has 1 saturated heterocycles. The molecule has 0 spiro atoms. The predicted molar refractivity (Wildman–Crippen MR) is 110 cm³/mol. The first kappa shape index (κ1) is 17.9. The number of primary amides is 1. The molecule has 0 unspecified atom stereocenters. The number of benzene rings is 1. The molecule has 3 aromatic rings. The van der Waals surface area contributed by atoms with Crippen molar-refractivity contribution in [3.05, 3.63) is 45.9 Å². The van der Waals surface area contributed by atoms with Gasteiger partial charge < -0.3 is 10.7 Å². The van der Waals surface area contributed by atoms with Crippen LogP contribution in [0.4, 0.5) is 0 Å². The number of carbonyl (C=O) groups is 1. The summed E-state index contributed by atoms with van der Waals surface area (Å²) in [4.78, 5) is 16.2. The van der Waals surface area contributed by atoms with Gasteiger partial charge >= 0.3 is 0 Å². The van der Waals surface area contributed by atoms with Crippen molar-refractivity contribution in [2.75, 3.05) is 11.5 Å². The second-order valence-electron chi connectivity index (χ2n) is 6.64. The van der Waals surface area contributed by atoms with Gasteiger partial charge in [-0.2, -0.15) is 10.6 Å². The van der Waals surface area contributed by atoms with Crippen molar-refractivity contribution in [3.63, 3.8) is 0 Å². The van der Waals surface area contributed by atoms with Crippen LogP contribution in [0.2, 0.25) is 4.34 Å². The Labute approximate surface area is 161 Å². The van der Waals surface area contributed by atoms with Crippen molar-refractivity contribution >= 4 is 50.3 Å². The van der Waals surface area contributed by atoms with Gasteiger partial charge in [0.1, 0.15) is 0 Å². The molecule has 8 heteroatoms. The third-order valence-electron chi connectivity index (χ3n) is 4.97. The Morgan fingerprint density at radius 1 is 1.27 bits per heavy atom. The molecular weight excluding hydrogens is 392 g/mol. The van der Waals surface area contributed by atoms with Crippen molar-refractivity contribution in [3.8, 4) is 10.4 Å². The van der Waals surface area contributed by atoms with E-state index >= 15 is 0 Å². The first-order valence-corrected chi connectivity index (χ1v) is 11.4.